The number of esters is 1. The molecule has 0 bridgehead atoms. The lowest BCUT2D eigenvalue weighted by atomic mass is 9.77. The van der Waals surface area contributed by atoms with Gasteiger partial charge in [-0.15, -0.1) is 6.61 Å². The summed E-state index contributed by atoms with van der Waals surface area (Å²) in [7, 11) is 5.31. The van der Waals surface area contributed by atoms with Crippen LogP contribution < -0.4 is 10.4 Å². The summed E-state index contributed by atoms with van der Waals surface area (Å²) in [4.78, 5) is 16.1. The van der Waals surface area contributed by atoms with E-state index < -0.39 is 102 Å². The number of cyclic esters (lactones) is 1. The largest absolute Gasteiger partial charge is 0.854 e. The average molecular weight is 748 g/mol. The molecule has 3 rings (SSSR count). The number of carbonyl (C=O) groups excluding carboxylic acids is 1. The maximum absolute atomic E-state index is 14.2. The maximum Gasteiger partial charge on any atom is 0.311 e. The Morgan fingerprint density at radius 1 is 1.00 bits per heavy atom. The fraction of sp³-hybridized carbons (Fsp3) is 0.974. The van der Waals surface area contributed by atoms with Crippen molar-refractivity contribution in [3.05, 3.63) is 0 Å². The summed E-state index contributed by atoms with van der Waals surface area (Å²) >= 11 is 0. The summed E-state index contributed by atoms with van der Waals surface area (Å²) in [6, 6.07) is -0.863. The second kappa shape index (κ2) is 18.3. The summed E-state index contributed by atoms with van der Waals surface area (Å²) in [6.45, 7) is 17.6. The second-order valence-electron chi connectivity index (χ2n) is 17.0. The first-order chi connectivity index (χ1) is 24.0. The molecular formula is C38H71N2O12-. The molecule has 52 heavy (non-hydrogen) atoms. The van der Waals surface area contributed by atoms with Gasteiger partial charge in [-0.1, -0.05) is 20.8 Å². The Balaban J connectivity index is 2.15. The molecule has 3 unspecified atom stereocenters. The second-order valence-corrected chi connectivity index (χ2v) is 17.0. The van der Waals surface area contributed by atoms with Crippen molar-refractivity contribution in [3.63, 3.8) is 0 Å². The minimum atomic E-state index is -1.80. The number of nitrogens with zero attached hydrogens (tertiary/aromatic N) is 1. The Hall–Kier alpha value is -1.01. The number of carbonyl (C=O) groups is 1. The van der Waals surface area contributed by atoms with Crippen molar-refractivity contribution >= 4 is 5.97 Å². The molecule has 14 heteroatoms. The molecule has 0 radical (unpaired) electrons. The van der Waals surface area contributed by atoms with Crippen molar-refractivity contribution in [2.45, 2.75) is 179 Å². The van der Waals surface area contributed by atoms with E-state index in [1.807, 2.05) is 46.7 Å². The summed E-state index contributed by atoms with van der Waals surface area (Å²) in [5.41, 5.74) is -4.24. The van der Waals surface area contributed by atoms with Crippen LogP contribution in [0.3, 0.4) is 0 Å². The zero-order chi connectivity index (χ0) is 39.5. The molecule has 18 atom stereocenters. The van der Waals surface area contributed by atoms with Gasteiger partial charge in [0, 0.05) is 31.5 Å². The number of hydrogen-bond donors (Lipinski definition) is 5. The number of aliphatic hydroxyl groups excluding tert-OH is 2. The smallest absolute Gasteiger partial charge is 0.311 e. The van der Waals surface area contributed by atoms with E-state index in [9.17, 15) is 30.3 Å². The third kappa shape index (κ3) is 10.2. The number of hydrogen-bond acceptors (Lipinski definition) is 14. The molecule has 3 fully saturated rings. The van der Waals surface area contributed by atoms with E-state index >= 15 is 0 Å². The first kappa shape index (κ1) is 45.4. The predicted molar refractivity (Wildman–Crippen MR) is 192 cm³/mol. The van der Waals surface area contributed by atoms with E-state index in [0.29, 0.717) is 13.0 Å². The van der Waals surface area contributed by atoms with Crippen LogP contribution in [0, 0.1) is 23.7 Å². The van der Waals surface area contributed by atoms with E-state index in [0.717, 1.165) is 0 Å². The topological polar surface area (TPSA) is 192 Å². The van der Waals surface area contributed by atoms with Crippen LogP contribution in [-0.2, 0) is 33.2 Å². The van der Waals surface area contributed by atoms with Crippen molar-refractivity contribution in [3.8, 4) is 0 Å². The fourth-order valence-electron chi connectivity index (χ4n) is 8.76. The Kier molecular flexibility index (Phi) is 16.0. The van der Waals surface area contributed by atoms with Crippen LogP contribution in [-0.4, -0.2) is 150 Å². The molecule has 0 aliphatic carbocycles. The minimum absolute atomic E-state index is 0.158. The molecule has 0 saturated carbocycles. The third-order valence-corrected chi connectivity index (χ3v) is 12.2. The van der Waals surface area contributed by atoms with Gasteiger partial charge in [-0.25, -0.2) is 0 Å². The van der Waals surface area contributed by atoms with Crippen molar-refractivity contribution in [2.75, 3.05) is 34.4 Å². The Labute approximate surface area is 311 Å². The Morgan fingerprint density at radius 3 is 2.19 bits per heavy atom. The number of ether oxygens (including phenoxy) is 6. The monoisotopic (exact) mass is 748 g/mol. The summed E-state index contributed by atoms with van der Waals surface area (Å²) in [6.07, 6.45) is -7.06. The van der Waals surface area contributed by atoms with Gasteiger partial charge in [0.2, 0.25) is 0 Å². The van der Waals surface area contributed by atoms with Crippen LogP contribution in [0.2, 0.25) is 0 Å². The third-order valence-electron chi connectivity index (χ3n) is 12.2. The lowest BCUT2D eigenvalue weighted by Crippen LogP contribution is -2.60. The predicted octanol–water partition coefficient (Wildman–Crippen LogP) is 1.17. The van der Waals surface area contributed by atoms with Crippen molar-refractivity contribution in [2.24, 2.45) is 23.7 Å². The Bertz CT molecular complexity index is 1130. The van der Waals surface area contributed by atoms with Gasteiger partial charge >= 0.3 is 5.97 Å². The molecule has 0 aromatic rings. The van der Waals surface area contributed by atoms with Crippen molar-refractivity contribution in [1.29, 1.82) is 0 Å². The Morgan fingerprint density at radius 2 is 1.63 bits per heavy atom. The van der Waals surface area contributed by atoms with Gasteiger partial charge in [-0.05, 0) is 100 Å². The first-order valence-electron chi connectivity index (χ1n) is 19.2. The van der Waals surface area contributed by atoms with Gasteiger partial charge in [0.1, 0.15) is 23.9 Å². The average Bonchev–Trinajstić information content (AvgIpc) is 3.06. The number of methoxy groups -OCH3 is 1. The van der Waals surface area contributed by atoms with Gasteiger partial charge in [-0.3, -0.25) is 4.79 Å². The SMILES string of the molecule is CC[C@H]1OC(=O)C(C)[C@@H](O[C@H]2C[C@@](C)(OC)C(C[O-])[C@H](C)O2)[C@H](C)[C@@H](O[C@@H]2O[C@H](C)CC(N(C)C)[C@H]2O)[C@](C)(O)C[C@@H](C)CN[C@H](C)[C@@H](O)[C@]1(C)O. The normalized spacial score (nSPS) is 49.2. The molecule has 306 valence electrons. The number of rotatable bonds is 8. The zero-order valence-electron chi connectivity index (χ0n) is 33.9. The molecule has 3 aliphatic heterocycles. The molecule has 0 spiro atoms. The molecule has 5 N–H and O–H groups in total. The lowest BCUT2D eigenvalue weighted by molar-refractivity contribution is -0.406. The quantitative estimate of drug-likeness (QED) is 0.223. The van der Waals surface area contributed by atoms with Gasteiger partial charge < -0.3 is 64.2 Å². The van der Waals surface area contributed by atoms with Gasteiger partial charge in [0.05, 0.1) is 41.5 Å². The van der Waals surface area contributed by atoms with Crippen molar-refractivity contribution in [1.82, 2.24) is 10.2 Å². The molecule has 3 saturated heterocycles. The van der Waals surface area contributed by atoms with Crippen LogP contribution in [0.25, 0.3) is 0 Å². The van der Waals surface area contributed by atoms with Crippen LogP contribution in [0.5, 0.6) is 0 Å². The van der Waals surface area contributed by atoms with Gasteiger partial charge in [0.25, 0.3) is 0 Å². The number of likely N-dealkylation sites (N-methyl/N-ethyl adjacent to an activating group) is 1. The molecular weight excluding hydrogens is 676 g/mol. The van der Waals surface area contributed by atoms with Gasteiger partial charge in [0.15, 0.2) is 12.6 Å². The molecule has 0 amide bonds. The van der Waals surface area contributed by atoms with E-state index in [1.165, 1.54) is 6.92 Å². The van der Waals surface area contributed by atoms with E-state index in [4.69, 9.17) is 28.4 Å². The van der Waals surface area contributed by atoms with Crippen LogP contribution >= 0.6 is 0 Å². The minimum Gasteiger partial charge on any atom is -0.854 e. The first-order valence-corrected chi connectivity index (χ1v) is 19.2. The molecule has 3 aliphatic rings. The zero-order valence-corrected chi connectivity index (χ0v) is 33.9. The molecule has 0 aromatic carbocycles. The summed E-state index contributed by atoms with van der Waals surface area (Å²) < 4.78 is 37.8. The highest BCUT2D eigenvalue weighted by Gasteiger charge is 2.52. The standard InChI is InChI=1S/C38H71N2O12/c1-14-28-38(10,46)32(43)24(6)39-18-20(2)16-36(8,45)33(52-35-30(42)27(40(11)12)15-21(3)48-35)22(4)31(23(5)34(44)50-28)51-29-17-37(9,47-13)26(19-41)25(7)49-29/h20-33,35,39,42-43,45-46H,14-19H2,1-13H3/q-1/t20-,21-,22+,23?,24-,25+,26?,27?,28-,29+,30-,31+,32-,33-,35+,36-,37-,38-/m1/s1. The van der Waals surface area contributed by atoms with Crippen molar-refractivity contribution < 1.29 is 58.7 Å². The van der Waals surface area contributed by atoms with E-state index in [2.05, 4.69) is 5.32 Å². The lowest BCUT2D eigenvalue weighted by Gasteiger charge is -2.50. The van der Waals surface area contributed by atoms with Crippen LogP contribution in [0.15, 0.2) is 0 Å². The van der Waals surface area contributed by atoms with E-state index in [-0.39, 0.29) is 37.3 Å². The molecule has 0 aromatic heterocycles. The highest BCUT2D eigenvalue weighted by Crippen LogP contribution is 2.41. The van der Waals surface area contributed by atoms with Crippen LogP contribution in [0.1, 0.15) is 94.9 Å². The highest BCUT2D eigenvalue weighted by molar-refractivity contribution is 5.73. The maximum atomic E-state index is 14.2. The van der Waals surface area contributed by atoms with Crippen LogP contribution in [0.4, 0.5) is 0 Å². The fourth-order valence-corrected chi connectivity index (χ4v) is 8.76. The molecule has 3 heterocycles. The highest BCUT2D eigenvalue weighted by atomic mass is 16.7. The number of nitrogens with one attached hydrogen (secondary N) is 1. The number of aliphatic hydroxyl groups is 4. The summed E-state index contributed by atoms with van der Waals surface area (Å²) in [5, 5.41) is 62.4. The van der Waals surface area contributed by atoms with Gasteiger partial charge in [-0.2, -0.15) is 0 Å². The van der Waals surface area contributed by atoms with E-state index in [1.54, 1.807) is 41.7 Å². The molecule has 14 nitrogen and oxygen atoms in total. The summed E-state index contributed by atoms with van der Waals surface area (Å²) in [5.74, 6) is -3.05.